The second kappa shape index (κ2) is 6.41. The van der Waals surface area contributed by atoms with Crippen molar-refractivity contribution >= 4 is 15.9 Å². The lowest BCUT2D eigenvalue weighted by molar-refractivity contribution is 0.505. The third kappa shape index (κ3) is 3.91. The minimum absolute atomic E-state index is 0.177. The van der Waals surface area contributed by atoms with Crippen LogP contribution in [0.25, 0.3) is 0 Å². The van der Waals surface area contributed by atoms with Gasteiger partial charge in [-0.25, -0.2) is 0 Å². The van der Waals surface area contributed by atoms with Gasteiger partial charge in [0, 0.05) is 10.5 Å². The standard InChI is InChI=1S/C14H22BrN/c1-10(2)6-4-9-14(16)12-7-5-8-13(15)11(12)3/h5,7-8,10,14H,4,6,9,16H2,1-3H3. The van der Waals surface area contributed by atoms with E-state index < -0.39 is 0 Å². The largest absolute Gasteiger partial charge is 0.324 e. The summed E-state index contributed by atoms with van der Waals surface area (Å²) < 4.78 is 1.16. The smallest absolute Gasteiger partial charge is 0.0297 e. The monoisotopic (exact) mass is 283 g/mol. The Morgan fingerprint density at radius 2 is 1.94 bits per heavy atom. The molecule has 0 saturated heterocycles. The highest BCUT2D eigenvalue weighted by Crippen LogP contribution is 2.26. The number of hydrogen-bond donors (Lipinski definition) is 1. The average Bonchev–Trinajstić information content (AvgIpc) is 2.21. The van der Waals surface area contributed by atoms with Crippen LogP contribution in [0.3, 0.4) is 0 Å². The summed E-state index contributed by atoms with van der Waals surface area (Å²) in [7, 11) is 0. The molecule has 0 aliphatic heterocycles. The summed E-state index contributed by atoms with van der Waals surface area (Å²) in [6.45, 7) is 6.65. The summed E-state index contributed by atoms with van der Waals surface area (Å²) in [5.41, 5.74) is 8.78. The zero-order valence-electron chi connectivity index (χ0n) is 10.5. The van der Waals surface area contributed by atoms with E-state index in [1.807, 2.05) is 0 Å². The van der Waals surface area contributed by atoms with Crippen LogP contribution < -0.4 is 5.73 Å². The molecule has 0 fully saturated rings. The van der Waals surface area contributed by atoms with E-state index in [0.29, 0.717) is 0 Å². The fraction of sp³-hybridized carbons (Fsp3) is 0.571. The molecular formula is C14H22BrN. The molecule has 0 radical (unpaired) electrons. The maximum Gasteiger partial charge on any atom is 0.0297 e. The van der Waals surface area contributed by atoms with Crippen LogP contribution in [0, 0.1) is 12.8 Å². The van der Waals surface area contributed by atoms with Crippen LogP contribution in [0.1, 0.15) is 50.3 Å². The van der Waals surface area contributed by atoms with Crippen molar-refractivity contribution in [3.05, 3.63) is 33.8 Å². The summed E-state index contributed by atoms with van der Waals surface area (Å²) in [6, 6.07) is 6.45. The Hall–Kier alpha value is -0.340. The number of hydrogen-bond acceptors (Lipinski definition) is 1. The molecule has 1 rings (SSSR count). The lowest BCUT2D eigenvalue weighted by Crippen LogP contribution is -2.12. The molecule has 0 aliphatic carbocycles. The summed E-state index contributed by atoms with van der Waals surface area (Å²) in [6.07, 6.45) is 3.56. The van der Waals surface area contributed by atoms with E-state index in [4.69, 9.17) is 5.73 Å². The van der Waals surface area contributed by atoms with E-state index >= 15 is 0 Å². The van der Waals surface area contributed by atoms with Crippen molar-refractivity contribution in [1.82, 2.24) is 0 Å². The molecule has 1 atom stereocenters. The molecule has 0 aliphatic rings. The number of nitrogens with two attached hydrogens (primary N) is 1. The highest BCUT2D eigenvalue weighted by atomic mass is 79.9. The van der Waals surface area contributed by atoms with Gasteiger partial charge in [0.1, 0.15) is 0 Å². The highest BCUT2D eigenvalue weighted by Gasteiger charge is 2.10. The zero-order valence-corrected chi connectivity index (χ0v) is 12.0. The molecule has 90 valence electrons. The predicted octanol–water partition coefficient (Wildman–Crippen LogP) is 4.58. The maximum atomic E-state index is 6.23. The highest BCUT2D eigenvalue weighted by molar-refractivity contribution is 9.10. The van der Waals surface area contributed by atoms with Crippen LogP contribution in [0.15, 0.2) is 22.7 Å². The van der Waals surface area contributed by atoms with E-state index in [1.165, 1.54) is 24.0 Å². The van der Waals surface area contributed by atoms with Gasteiger partial charge in [-0.05, 0) is 36.5 Å². The summed E-state index contributed by atoms with van der Waals surface area (Å²) in [4.78, 5) is 0. The SMILES string of the molecule is Cc1c(Br)cccc1C(N)CCCC(C)C. The van der Waals surface area contributed by atoms with Crippen LogP contribution >= 0.6 is 15.9 Å². The normalized spacial score (nSPS) is 13.1. The maximum absolute atomic E-state index is 6.23. The van der Waals surface area contributed by atoms with Crippen molar-refractivity contribution in [2.75, 3.05) is 0 Å². The van der Waals surface area contributed by atoms with Crippen LogP contribution in [0.2, 0.25) is 0 Å². The van der Waals surface area contributed by atoms with E-state index in [1.54, 1.807) is 0 Å². The van der Waals surface area contributed by atoms with E-state index in [2.05, 4.69) is 54.9 Å². The zero-order chi connectivity index (χ0) is 12.1. The topological polar surface area (TPSA) is 26.0 Å². The van der Waals surface area contributed by atoms with E-state index in [0.717, 1.165) is 16.8 Å². The molecule has 1 nitrogen and oxygen atoms in total. The Balaban J connectivity index is 2.59. The molecule has 0 heterocycles. The fourth-order valence-corrected chi connectivity index (χ4v) is 2.31. The lowest BCUT2D eigenvalue weighted by Gasteiger charge is -2.16. The van der Waals surface area contributed by atoms with Gasteiger partial charge in [-0.2, -0.15) is 0 Å². The molecule has 1 aromatic carbocycles. The van der Waals surface area contributed by atoms with Gasteiger partial charge in [0.15, 0.2) is 0 Å². The van der Waals surface area contributed by atoms with Gasteiger partial charge >= 0.3 is 0 Å². The molecular weight excluding hydrogens is 262 g/mol. The van der Waals surface area contributed by atoms with Gasteiger partial charge in [0.05, 0.1) is 0 Å². The van der Waals surface area contributed by atoms with Crippen LogP contribution in [-0.4, -0.2) is 0 Å². The van der Waals surface area contributed by atoms with E-state index in [-0.39, 0.29) is 6.04 Å². The first-order chi connectivity index (χ1) is 7.52. The van der Waals surface area contributed by atoms with Crippen LogP contribution in [-0.2, 0) is 0 Å². The Labute approximate surface area is 108 Å². The second-order valence-electron chi connectivity index (χ2n) is 4.89. The van der Waals surface area contributed by atoms with Gasteiger partial charge in [-0.1, -0.05) is 54.8 Å². The molecule has 0 spiro atoms. The third-order valence-corrected chi connectivity index (χ3v) is 3.86. The van der Waals surface area contributed by atoms with Gasteiger partial charge < -0.3 is 5.73 Å². The van der Waals surface area contributed by atoms with Crippen molar-refractivity contribution in [1.29, 1.82) is 0 Å². The predicted molar refractivity (Wildman–Crippen MR) is 74.5 cm³/mol. The first kappa shape index (κ1) is 13.7. The second-order valence-corrected chi connectivity index (χ2v) is 5.74. The summed E-state index contributed by atoms with van der Waals surface area (Å²) in [5, 5.41) is 0. The molecule has 2 N–H and O–H groups in total. The van der Waals surface area contributed by atoms with Gasteiger partial charge in [0.25, 0.3) is 0 Å². The molecule has 2 heteroatoms. The molecule has 0 bridgehead atoms. The van der Waals surface area contributed by atoms with Crippen molar-refractivity contribution in [2.24, 2.45) is 11.7 Å². The van der Waals surface area contributed by atoms with E-state index in [9.17, 15) is 0 Å². The third-order valence-electron chi connectivity index (χ3n) is 3.01. The average molecular weight is 284 g/mol. The van der Waals surface area contributed by atoms with Crippen molar-refractivity contribution in [2.45, 2.75) is 46.1 Å². The number of benzene rings is 1. The minimum Gasteiger partial charge on any atom is -0.324 e. The first-order valence-corrected chi connectivity index (χ1v) is 6.82. The van der Waals surface area contributed by atoms with Gasteiger partial charge in [-0.15, -0.1) is 0 Å². The lowest BCUT2D eigenvalue weighted by atomic mass is 9.96. The Bertz CT molecular complexity index is 334. The first-order valence-electron chi connectivity index (χ1n) is 6.03. The van der Waals surface area contributed by atoms with Crippen LogP contribution in [0.4, 0.5) is 0 Å². The Morgan fingerprint density at radius 1 is 1.25 bits per heavy atom. The summed E-state index contributed by atoms with van der Waals surface area (Å²) in [5.74, 6) is 0.774. The molecule has 1 aromatic rings. The van der Waals surface area contributed by atoms with Crippen molar-refractivity contribution < 1.29 is 0 Å². The molecule has 16 heavy (non-hydrogen) atoms. The molecule has 1 unspecified atom stereocenters. The quantitative estimate of drug-likeness (QED) is 0.841. The minimum atomic E-state index is 0.177. The van der Waals surface area contributed by atoms with Crippen molar-refractivity contribution in [3.63, 3.8) is 0 Å². The number of halogens is 1. The van der Waals surface area contributed by atoms with Gasteiger partial charge in [0.2, 0.25) is 0 Å². The van der Waals surface area contributed by atoms with Gasteiger partial charge in [-0.3, -0.25) is 0 Å². The molecule has 0 amide bonds. The van der Waals surface area contributed by atoms with Crippen LogP contribution in [0.5, 0.6) is 0 Å². The summed E-state index contributed by atoms with van der Waals surface area (Å²) >= 11 is 3.55. The molecule has 0 aromatic heterocycles. The van der Waals surface area contributed by atoms with Crippen molar-refractivity contribution in [3.8, 4) is 0 Å². The fourth-order valence-electron chi connectivity index (χ4n) is 1.93. The Kier molecular flexibility index (Phi) is 5.50. The molecule has 0 saturated carbocycles. The number of rotatable bonds is 5. The Morgan fingerprint density at radius 3 is 2.56 bits per heavy atom.